The zero-order chi connectivity index (χ0) is 17.1. The second kappa shape index (κ2) is 5.32. The Kier molecular flexibility index (Phi) is 3.18. The Morgan fingerprint density at radius 3 is 2.00 bits per heavy atom. The molecule has 1 aliphatic heterocycles. The molecule has 4 atom stereocenters. The van der Waals surface area contributed by atoms with Gasteiger partial charge in [-0.3, -0.25) is 9.59 Å². The fourth-order valence-electron chi connectivity index (χ4n) is 5.31. The lowest BCUT2D eigenvalue weighted by atomic mass is 9.85. The number of anilines is 1. The van der Waals surface area contributed by atoms with Gasteiger partial charge in [0.15, 0.2) is 0 Å². The molecule has 1 saturated heterocycles. The average Bonchev–Trinajstić information content (AvgIpc) is 3.38. The summed E-state index contributed by atoms with van der Waals surface area (Å²) in [4.78, 5) is 27.6. The Hall–Kier alpha value is -2.36. The van der Waals surface area contributed by atoms with Gasteiger partial charge in [0.1, 0.15) is 5.75 Å². The number of fused-ring (bicyclic) bond motifs is 5. The minimum Gasteiger partial charge on any atom is -0.497 e. The van der Waals surface area contributed by atoms with Crippen molar-refractivity contribution in [1.29, 1.82) is 0 Å². The molecule has 0 N–H and O–H groups in total. The van der Waals surface area contributed by atoms with Gasteiger partial charge in [0.05, 0.1) is 24.6 Å². The summed E-state index contributed by atoms with van der Waals surface area (Å²) in [6, 6.07) is 7.17. The van der Waals surface area contributed by atoms with E-state index in [-0.39, 0.29) is 35.5 Å². The van der Waals surface area contributed by atoms with E-state index < -0.39 is 0 Å². The van der Waals surface area contributed by atoms with Crippen molar-refractivity contribution in [2.75, 3.05) is 12.0 Å². The molecule has 1 aromatic carbocycles. The maximum atomic E-state index is 13.1. The number of methoxy groups -OCH3 is 1. The summed E-state index contributed by atoms with van der Waals surface area (Å²) in [6.45, 7) is 0. The second-order valence-corrected chi connectivity index (χ2v) is 7.46. The van der Waals surface area contributed by atoms with Crippen LogP contribution in [0.15, 0.2) is 47.6 Å². The first kappa shape index (κ1) is 14.9. The van der Waals surface area contributed by atoms with Crippen molar-refractivity contribution in [3.63, 3.8) is 0 Å². The molecular formula is C21H21NO3. The first-order chi connectivity index (χ1) is 12.2. The van der Waals surface area contributed by atoms with Crippen molar-refractivity contribution in [2.24, 2.45) is 23.7 Å². The number of ether oxygens (including phenoxy) is 1. The SMILES string of the molecule is COc1ccc(N2C(=O)[C@@H]3[C@@H](C2=O)[C@@H]2C=C[C@@H]3C2=C2CCCC2)cc1. The van der Waals surface area contributed by atoms with Gasteiger partial charge in [0.2, 0.25) is 11.8 Å². The molecule has 1 heterocycles. The largest absolute Gasteiger partial charge is 0.497 e. The fraction of sp³-hybridized carbons (Fsp3) is 0.429. The molecule has 0 unspecified atom stereocenters. The van der Waals surface area contributed by atoms with Gasteiger partial charge in [0.25, 0.3) is 0 Å². The van der Waals surface area contributed by atoms with Crippen molar-refractivity contribution in [3.05, 3.63) is 47.6 Å². The smallest absolute Gasteiger partial charge is 0.238 e. The van der Waals surface area contributed by atoms with Crippen molar-refractivity contribution < 1.29 is 14.3 Å². The van der Waals surface area contributed by atoms with E-state index in [0.717, 1.165) is 18.6 Å². The molecule has 128 valence electrons. The van der Waals surface area contributed by atoms with Crippen molar-refractivity contribution in [1.82, 2.24) is 0 Å². The molecule has 0 spiro atoms. The van der Waals surface area contributed by atoms with E-state index in [4.69, 9.17) is 4.74 Å². The van der Waals surface area contributed by atoms with Gasteiger partial charge in [-0.1, -0.05) is 23.3 Å². The normalized spacial score (nSPS) is 32.9. The highest BCUT2D eigenvalue weighted by Crippen LogP contribution is 2.58. The van der Waals surface area contributed by atoms with Crippen molar-refractivity contribution >= 4 is 17.5 Å². The van der Waals surface area contributed by atoms with Crippen molar-refractivity contribution in [3.8, 4) is 5.75 Å². The van der Waals surface area contributed by atoms with Gasteiger partial charge in [0, 0.05) is 11.8 Å². The first-order valence-corrected chi connectivity index (χ1v) is 9.12. The van der Waals surface area contributed by atoms with Crippen LogP contribution in [-0.2, 0) is 9.59 Å². The van der Waals surface area contributed by atoms with Crippen LogP contribution < -0.4 is 9.64 Å². The zero-order valence-corrected chi connectivity index (χ0v) is 14.3. The van der Waals surface area contributed by atoms with Crippen molar-refractivity contribution in [2.45, 2.75) is 25.7 Å². The Balaban J connectivity index is 1.51. The Morgan fingerprint density at radius 1 is 0.920 bits per heavy atom. The summed E-state index contributed by atoms with van der Waals surface area (Å²) in [5.74, 6) is 0.533. The number of benzene rings is 1. The third-order valence-corrected chi connectivity index (χ3v) is 6.36. The molecule has 0 radical (unpaired) electrons. The molecule has 3 aliphatic carbocycles. The predicted molar refractivity (Wildman–Crippen MR) is 94.1 cm³/mol. The first-order valence-electron chi connectivity index (χ1n) is 9.12. The highest BCUT2D eigenvalue weighted by atomic mass is 16.5. The lowest BCUT2D eigenvalue weighted by molar-refractivity contribution is -0.122. The molecule has 0 aromatic heterocycles. The summed E-state index contributed by atoms with van der Waals surface area (Å²) in [5.41, 5.74) is 3.58. The molecular weight excluding hydrogens is 314 g/mol. The predicted octanol–water partition coefficient (Wildman–Crippen LogP) is 3.49. The van der Waals surface area contributed by atoms with E-state index in [1.54, 1.807) is 31.4 Å². The van der Waals surface area contributed by atoms with E-state index in [0.29, 0.717) is 5.69 Å². The Bertz CT molecular complexity index is 778. The molecule has 4 heteroatoms. The van der Waals surface area contributed by atoms with E-state index in [2.05, 4.69) is 12.2 Å². The van der Waals surface area contributed by atoms with Gasteiger partial charge < -0.3 is 4.74 Å². The maximum absolute atomic E-state index is 13.1. The van der Waals surface area contributed by atoms with Gasteiger partial charge >= 0.3 is 0 Å². The number of hydrogen-bond acceptors (Lipinski definition) is 3. The third kappa shape index (κ3) is 1.94. The molecule has 1 aromatic rings. The van der Waals surface area contributed by atoms with Gasteiger partial charge in [-0.2, -0.15) is 0 Å². The Morgan fingerprint density at radius 2 is 1.48 bits per heavy atom. The molecule has 25 heavy (non-hydrogen) atoms. The fourth-order valence-corrected chi connectivity index (χ4v) is 5.31. The topological polar surface area (TPSA) is 46.6 Å². The van der Waals surface area contributed by atoms with E-state index in [1.165, 1.54) is 28.9 Å². The minimum atomic E-state index is -0.201. The van der Waals surface area contributed by atoms with E-state index in [9.17, 15) is 9.59 Å². The summed E-state index contributed by atoms with van der Waals surface area (Å²) in [7, 11) is 1.60. The number of allylic oxidation sites excluding steroid dienone is 4. The number of carbonyl (C=O) groups excluding carboxylic acids is 2. The minimum absolute atomic E-state index is 0.0342. The summed E-state index contributed by atoms with van der Waals surface area (Å²) >= 11 is 0. The van der Waals surface area contributed by atoms with Crippen LogP contribution in [0, 0.1) is 23.7 Å². The maximum Gasteiger partial charge on any atom is 0.238 e. The highest BCUT2D eigenvalue weighted by molar-refractivity contribution is 6.23. The summed E-state index contributed by atoms with van der Waals surface area (Å²) in [5, 5.41) is 0. The Labute approximate surface area is 147 Å². The zero-order valence-electron chi connectivity index (χ0n) is 14.3. The van der Waals surface area contributed by atoms with Crippen LogP contribution in [0.25, 0.3) is 0 Å². The molecule has 3 fully saturated rings. The molecule has 2 amide bonds. The van der Waals surface area contributed by atoms with Gasteiger partial charge in [-0.15, -0.1) is 0 Å². The number of rotatable bonds is 2. The van der Waals surface area contributed by atoms with Crippen LogP contribution in [0.3, 0.4) is 0 Å². The molecule has 2 saturated carbocycles. The van der Waals surface area contributed by atoms with E-state index in [1.807, 2.05) is 0 Å². The number of amides is 2. The number of carbonyl (C=O) groups is 2. The van der Waals surface area contributed by atoms with Crippen LogP contribution >= 0.6 is 0 Å². The number of hydrogen-bond donors (Lipinski definition) is 0. The van der Waals surface area contributed by atoms with Crippen LogP contribution in [0.2, 0.25) is 0 Å². The molecule has 5 rings (SSSR count). The lowest BCUT2D eigenvalue weighted by Gasteiger charge is -2.20. The third-order valence-electron chi connectivity index (χ3n) is 6.36. The summed E-state index contributed by atoms with van der Waals surface area (Å²) in [6.07, 6.45) is 9.13. The lowest BCUT2D eigenvalue weighted by Crippen LogP contribution is -2.33. The quantitative estimate of drug-likeness (QED) is 0.614. The molecule has 4 aliphatic rings. The monoisotopic (exact) mass is 335 g/mol. The highest BCUT2D eigenvalue weighted by Gasteiger charge is 2.62. The van der Waals surface area contributed by atoms with Gasteiger partial charge in [-0.25, -0.2) is 4.90 Å². The van der Waals surface area contributed by atoms with E-state index >= 15 is 0 Å². The van der Waals surface area contributed by atoms with Crippen LogP contribution in [0.4, 0.5) is 5.69 Å². The second-order valence-electron chi connectivity index (χ2n) is 7.46. The standard InChI is InChI=1S/C21H21NO3/c1-25-14-8-6-13(7-9-14)22-20(23)18-15-10-11-16(19(18)21(22)24)17(15)12-4-2-3-5-12/h6-11,15-16,18-19H,2-5H2,1H3/t15-,16-,18+,19+/m1/s1. The van der Waals surface area contributed by atoms with Gasteiger partial charge in [-0.05, 0) is 49.9 Å². The molecule has 4 nitrogen and oxygen atoms in total. The van der Waals surface area contributed by atoms with Crippen LogP contribution in [0.1, 0.15) is 25.7 Å². The molecule has 2 bridgehead atoms. The number of nitrogens with zero attached hydrogens (tertiary/aromatic N) is 1. The number of imide groups is 1. The summed E-state index contributed by atoms with van der Waals surface area (Å²) < 4.78 is 5.17. The van der Waals surface area contributed by atoms with Crippen LogP contribution in [0.5, 0.6) is 5.75 Å². The van der Waals surface area contributed by atoms with Crippen LogP contribution in [-0.4, -0.2) is 18.9 Å². The average molecular weight is 335 g/mol.